The molecule has 1 N–H and O–H groups in total. The van der Waals surface area contributed by atoms with Crippen LogP contribution in [0.15, 0.2) is 91.1 Å². The summed E-state index contributed by atoms with van der Waals surface area (Å²) in [5.41, 5.74) is 5.27. The predicted octanol–water partition coefficient (Wildman–Crippen LogP) is 6.49. The summed E-state index contributed by atoms with van der Waals surface area (Å²) in [5, 5.41) is 8.62. The molecule has 0 fully saturated rings. The fourth-order valence-electron chi connectivity index (χ4n) is 5.31. The highest BCUT2D eigenvalue weighted by atomic mass is 35.5. The van der Waals surface area contributed by atoms with Gasteiger partial charge in [-0.25, -0.2) is 9.48 Å². The van der Waals surface area contributed by atoms with E-state index in [0.717, 1.165) is 34.0 Å². The van der Waals surface area contributed by atoms with Gasteiger partial charge in [-0.1, -0.05) is 41.9 Å². The first-order valence-electron chi connectivity index (χ1n) is 12.6. The Morgan fingerprint density at radius 3 is 2.59 bits per heavy atom. The van der Waals surface area contributed by atoms with Gasteiger partial charge in [0.1, 0.15) is 5.82 Å². The summed E-state index contributed by atoms with van der Waals surface area (Å²) in [4.78, 5) is 15.9. The van der Waals surface area contributed by atoms with Gasteiger partial charge in [-0.3, -0.25) is 0 Å². The number of aryl methyl sites for hydroxylation is 1. The molecule has 4 heterocycles. The Morgan fingerprint density at radius 2 is 1.77 bits per heavy atom. The van der Waals surface area contributed by atoms with Gasteiger partial charge in [0.2, 0.25) is 6.79 Å². The quantitative estimate of drug-likeness (QED) is 0.285. The van der Waals surface area contributed by atoms with Crippen molar-refractivity contribution in [2.45, 2.75) is 19.5 Å². The largest absolute Gasteiger partial charge is 0.454 e. The fourth-order valence-corrected chi connectivity index (χ4v) is 5.44. The van der Waals surface area contributed by atoms with Crippen molar-refractivity contribution in [3.63, 3.8) is 0 Å². The van der Waals surface area contributed by atoms with Crippen molar-refractivity contribution in [3.8, 4) is 23.0 Å². The van der Waals surface area contributed by atoms with Gasteiger partial charge < -0.3 is 24.3 Å². The number of aromatic nitrogens is 3. The van der Waals surface area contributed by atoms with Crippen molar-refractivity contribution < 1.29 is 14.3 Å². The summed E-state index contributed by atoms with van der Waals surface area (Å²) in [6.45, 7) is 2.50. The number of hydrogen-bond acceptors (Lipinski definition) is 4. The van der Waals surface area contributed by atoms with E-state index in [9.17, 15) is 4.79 Å². The summed E-state index contributed by atoms with van der Waals surface area (Å²) >= 11 is 6.25. The maximum absolute atomic E-state index is 14.1. The lowest BCUT2D eigenvalue weighted by Gasteiger charge is -2.31. The third-order valence-electron chi connectivity index (χ3n) is 7.16. The van der Waals surface area contributed by atoms with Gasteiger partial charge in [-0.2, -0.15) is 5.10 Å². The molecule has 2 aliphatic heterocycles. The number of nitrogens with zero attached hydrogens (tertiary/aromatic N) is 4. The first-order chi connectivity index (χ1) is 19.1. The van der Waals surface area contributed by atoms with E-state index < -0.39 is 0 Å². The molecule has 0 saturated carbocycles. The number of carbonyl (C=O) groups excluding carboxylic acids is 1. The van der Waals surface area contributed by atoms with Crippen LogP contribution in [0.1, 0.15) is 28.6 Å². The average molecular weight is 538 g/mol. The van der Waals surface area contributed by atoms with E-state index in [0.29, 0.717) is 28.8 Å². The van der Waals surface area contributed by atoms with Gasteiger partial charge in [0.05, 0.1) is 29.7 Å². The summed E-state index contributed by atoms with van der Waals surface area (Å²) in [7, 11) is 0. The number of benzene rings is 3. The molecule has 2 aliphatic rings. The van der Waals surface area contributed by atoms with Gasteiger partial charge in [0.25, 0.3) is 0 Å². The molecular formula is C30H24ClN5O3. The Balaban J connectivity index is 1.37. The van der Waals surface area contributed by atoms with E-state index in [1.165, 1.54) is 0 Å². The standard InChI is InChI=1S/C30H24ClN5O3/c1-19-24-17-35(30(37)32-22-13-14-26-27(16-22)39-18-38-26)28(20-9-11-21(31)12-10-20)25-8-5-15-34(25)29(24)36(33-19)23-6-3-2-4-7-23/h2-16,28H,17-18H2,1H3,(H,32,37). The molecule has 5 aromatic rings. The van der Waals surface area contributed by atoms with Crippen LogP contribution < -0.4 is 14.8 Å². The lowest BCUT2D eigenvalue weighted by atomic mass is 10.0. The molecule has 2 amide bonds. The Bertz CT molecular complexity index is 1690. The van der Waals surface area contributed by atoms with E-state index >= 15 is 0 Å². The molecule has 39 heavy (non-hydrogen) atoms. The molecule has 1 atom stereocenters. The van der Waals surface area contributed by atoms with Crippen LogP contribution in [-0.4, -0.2) is 32.1 Å². The molecule has 7 rings (SSSR count). The molecule has 194 valence electrons. The molecule has 9 heteroatoms. The van der Waals surface area contributed by atoms with Crippen molar-refractivity contribution in [1.82, 2.24) is 19.2 Å². The van der Waals surface area contributed by atoms with E-state index in [-0.39, 0.29) is 18.9 Å². The number of ether oxygens (including phenoxy) is 2. The van der Waals surface area contributed by atoms with E-state index in [1.54, 1.807) is 12.1 Å². The second kappa shape index (κ2) is 9.25. The SMILES string of the molecule is Cc1nn(-c2ccccc2)c2c1CN(C(=O)Nc1ccc3c(c1)OCO3)C(c1ccc(Cl)cc1)c1cccn1-2. The van der Waals surface area contributed by atoms with Crippen molar-refractivity contribution in [2.24, 2.45) is 0 Å². The van der Waals surface area contributed by atoms with Crippen LogP contribution >= 0.6 is 11.6 Å². The highest BCUT2D eigenvalue weighted by Gasteiger charge is 2.36. The molecular weight excluding hydrogens is 514 g/mol. The molecule has 1 unspecified atom stereocenters. The molecule has 0 spiro atoms. The number of para-hydroxylation sites is 1. The summed E-state index contributed by atoms with van der Waals surface area (Å²) in [5.74, 6) is 2.18. The zero-order valence-corrected chi connectivity index (χ0v) is 21.8. The Morgan fingerprint density at radius 1 is 0.974 bits per heavy atom. The Labute approximate surface area is 230 Å². The summed E-state index contributed by atoms with van der Waals surface area (Å²) in [6, 6.07) is 26.5. The van der Waals surface area contributed by atoms with Crippen molar-refractivity contribution >= 4 is 23.3 Å². The number of halogens is 1. The van der Waals surface area contributed by atoms with Gasteiger partial charge in [-0.05, 0) is 61.0 Å². The van der Waals surface area contributed by atoms with Crippen molar-refractivity contribution in [2.75, 3.05) is 12.1 Å². The zero-order valence-electron chi connectivity index (χ0n) is 21.0. The summed E-state index contributed by atoms with van der Waals surface area (Å²) < 4.78 is 15.0. The number of rotatable bonds is 3. The lowest BCUT2D eigenvalue weighted by molar-refractivity contribution is 0.174. The van der Waals surface area contributed by atoms with Crippen molar-refractivity contribution in [1.29, 1.82) is 0 Å². The second-order valence-corrected chi connectivity index (χ2v) is 9.95. The van der Waals surface area contributed by atoms with Crippen LogP contribution in [0, 0.1) is 6.92 Å². The maximum Gasteiger partial charge on any atom is 0.322 e. The first-order valence-corrected chi connectivity index (χ1v) is 13.0. The molecule has 0 aliphatic carbocycles. The summed E-state index contributed by atoms with van der Waals surface area (Å²) in [6.07, 6.45) is 2.02. The number of anilines is 1. The molecule has 0 radical (unpaired) electrons. The molecule has 2 aromatic heterocycles. The number of carbonyl (C=O) groups is 1. The van der Waals surface area contributed by atoms with Crippen LogP contribution in [-0.2, 0) is 6.54 Å². The minimum atomic E-state index is -0.387. The molecule has 3 aromatic carbocycles. The highest BCUT2D eigenvalue weighted by Crippen LogP contribution is 2.40. The fraction of sp³-hybridized carbons (Fsp3) is 0.133. The van der Waals surface area contributed by atoms with E-state index in [2.05, 4.69) is 9.88 Å². The normalized spacial score (nSPS) is 15.4. The zero-order chi connectivity index (χ0) is 26.5. The van der Waals surface area contributed by atoms with Crippen LogP contribution in [0.5, 0.6) is 11.5 Å². The number of urea groups is 1. The van der Waals surface area contributed by atoms with Crippen LogP contribution in [0.3, 0.4) is 0 Å². The van der Waals surface area contributed by atoms with Crippen LogP contribution in [0.25, 0.3) is 11.5 Å². The van der Waals surface area contributed by atoms with E-state index in [1.807, 2.05) is 95.5 Å². The highest BCUT2D eigenvalue weighted by molar-refractivity contribution is 6.30. The Hall–Kier alpha value is -4.69. The van der Waals surface area contributed by atoms with Crippen LogP contribution in [0.4, 0.5) is 10.5 Å². The monoisotopic (exact) mass is 537 g/mol. The number of hydrogen-bond donors (Lipinski definition) is 1. The third kappa shape index (κ3) is 4.00. The topological polar surface area (TPSA) is 73.6 Å². The van der Waals surface area contributed by atoms with E-state index in [4.69, 9.17) is 26.2 Å². The Kier molecular flexibility index (Phi) is 5.56. The average Bonchev–Trinajstić information content (AvgIpc) is 3.67. The van der Waals surface area contributed by atoms with Crippen molar-refractivity contribution in [3.05, 3.63) is 119 Å². The maximum atomic E-state index is 14.1. The minimum absolute atomic E-state index is 0.169. The smallest absolute Gasteiger partial charge is 0.322 e. The molecule has 0 bridgehead atoms. The van der Waals surface area contributed by atoms with Crippen LogP contribution in [0.2, 0.25) is 5.02 Å². The van der Waals surface area contributed by atoms with Gasteiger partial charge in [0, 0.05) is 28.5 Å². The van der Waals surface area contributed by atoms with Gasteiger partial charge in [0.15, 0.2) is 11.5 Å². The van der Waals surface area contributed by atoms with Gasteiger partial charge in [-0.15, -0.1) is 0 Å². The number of amides is 2. The molecule has 8 nitrogen and oxygen atoms in total. The molecule has 0 saturated heterocycles. The lowest BCUT2D eigenvalue weighted by Crippen LogP contribution is -2.38. The second-order valence-electron chi connectivity index (χ2n) is 9.52. The van der Waals surface area contributed by atoms with Gasteiger partial charge >= 0.3 is 6.03 Å². The third-order valence-corrected chi connectivity index (χ3v) is 7.41. The number of fused-ring (bicyclic) bond motifs is 4. The number of nitrogens with one attached hydrogen (secondary N) is 1. The first kappa shape index (κ1) is 23.4. The minimum Gasteiger partial charge on any atom is -0.454 e. The predicted molar refractivity (Wildman–Crippen MR) is 148 cm³/mol.